The summed E-state index contributed by atoms with van der Waals surface area (Å²) in [6, 6.07) is 11.8. The number of nitrogens with one attached hydrogen (secondary N) is 1. The van der Waals surface area contributed by atoms with Crippen LogP contribution in [0.3, 0.4) is 0 Å². The Bertz CT molecular complexity index is 1710. The van der Waals surface area contributed by atoms with E-state index in [1.165, 1.54) is 17.1 Å². The third kappa shape index (κ3) is 3.16. The van der Waals surface area contributed by atoms with Crippen LogP contribution in [0.5, 0.6) is 0 Å². The van der Waals surface area contributed by atoms with Crippen LogP contribution in [0.4, 0.5) is 10.2 Å². The van der Waals surface area contributed by atoms with Crippen molar-refractivity contribution in [3.63, 3.8) is 0 Å². The molecule has 4 aromatic heterocycles. The Morgan fingerprint density at radius 2 is 2.03 bits per heavy atom. The van der Waals surface area contributed by atoms with Crippen molar-refractivity contribution in [2.24, 2.45) is 5.92 Å². The highest BCUT2D eigenvalue weighted by Crippen LogP contribution is 2.60. The van der Waals surface area contributed by atoms with Crippen molar-refractivity contribution in [3.8, 4) is 28.1 Å². The van der Waals surface area contributed by atoms with Crippen molar-refractivity contribution in [2.75, 3.05) is 5.73 Å². The zero-order valence-corrected chi connectivity index (χ0v) is 19.3. The van der Waals surface area contributed by atoms with Gasteiger partial charge in [-0.2, -0.15) is 9.07 Å². The number of nitrogens with two attached hydrogens (primary N) is 1. The number of pyridine rings is 2. The average Bonchev–Trinajstić information content (AvgIpc) is 3.20. The second-order valence-corrected chi connectivity index (χ2v) is 9.44. The van der Waals surface area contributed by atoms with Gasteiger partial charge in [0.2, 0.25) is 5.95 Å². The summed E-state index contributed by atoms with van der Waals surface area (Å²) in [4.78, 5) is 24.9. The molecule has 0 unspecified atom stereocenters. The van der Waals surface area contributed by atoms with Crippen molar-refractivity contribution in [1.82, 2.24) is 39.7 Å². The molecule has 2 aliphatic rings. The van der Waals surface area contributed by atoms with E-state index in [2.05, 4.69) is 30.5 Å². The minimum atomic E-state index is -0.678. The quantitative estimate of drug-likeness (QED) is 0.361. The van der Waals surface area contributed by atoms with Crippen LogP contribution in [0.2, 0.25) is 5.02 Å². The number of benzene rings is 1. The standard InChI is InChI=1S/C24H17ClFN9O/c25-12-1-3-18(34-10-29-32-33-34)14(7-12)11-5-19-15-8-16(15)22(35(19)21(36)6-11)24-28-9-17(30-24)13-2-4-20(27)31-23(13)26/h1-7,9-10,15-16,22H,8H2,(H2,27,31)(H,28,30)/t15-,16+,22-/m0/s1. The summed E-state index contributed by atoms with van der Waals surface area (Å²) >= 11 is 6.30. The molecule has 3 atom stereocenters. The lowest BCUT2D eigenvalue weighted by atomic mass is 10.0. The number of tetrazole rings is 1. The second kappa shape index (κ2) is 7.56. The zero-order valence-electron chi connectivity index (χ0n) is 18.5. The van der Waals surface area contributed by atoms with Gasteiger partial charge in [0.15, 0.2) is 0 Å². The van der Waals surface area contributed by atoms with Crippen LogP contribution < -0.4 is 11.3 Å². The van der Waals surface area contributed by atoms with E-state index in [9.17, 15) is 9.18 Å². The maximum Gasteiger partial charge on any atom is 0.252 e. The number of nitrogens with zero attached hydrogens (tertiary/aromatic N) is 7. The first-order valence-electron chi connectivity index (χ1n) is 11.2. The smallest absolute Gasteiger partial charge is 0.252 e. The zero-order chi connectivity index (χ0) is 24.6. The van der Waals surface area contributed by atoms with Crippen LogP contribution in [-0.2, 0) is 0 Å². The highest BCUT2D eigenvalue weighted by atomic mass is 35.5. The number of aromatic nitrogens is 8. The first-order chi connectivity index (χ1) is 17.5. The summed E-state index contributed by atoms with van der Waals surface area (Å²) in [7, 11) is 0. The lowest BCUT2D eigenvalue weighted by Gasteiger charge is -2.18. The molecule has 0 saturated heterocycles. The molecular weight excluding hydrogens is 485 g/mol. The number of anilines is 1. The Morgan fingerprint density at radius 3 is 2.83 bits per heavy atom. The fraction of sp³-hybridized carbons (Fsp3) is 0.167. The molecule has 178 valence electrons. The largest absolute Gasteiger partial charge is 0.384 e. The number of nitrogen functional groups attached to an aromatic ring is 1. The lowest BCUT2D eigenvalue weighted by molar-refractivity contribution is 0.514. The van der Waals surface area contributed by atoms with E-state index in [0.29, 0.717) is 22.2 Å². The number of rotatable bonds is 4. The molecule has 5 aromatic rings. The predicted octanol–water partition coefficient (Wildman–Crippen LogP) is 3.36. The predicted molar refractivity (Wildman–Crippen MR) is 129 cm³/mol. The molecule has 1 fully saturated rings. The molecule has 12 heteroatoms. The van der Waals surface area contributed by atoms with E-state index in [0.717, 1.165) is 23.2 Å². The summed E-state index contributed by atoms with van der Waals surface area (Å²) in [5.41, 5.74) is 9.31. The summed E-state index contributed by atoms with van der Waals surface area (Å²) in [6.45, 7) is 0. The van der Waals surface area contributed by atoms with Crippen molar-refractivity contribution in [1.29, 1.82) is 0 Å². The van der Waals surface area contributed by atoms with Crippen molar-refractivity contribution in [2.45, 2.75) is 18.4 Å². The number of fused-ring (bicyclic) bond motifs is 3. The van der Waals surface area contributed by atoms with Gasteiger partial charge in [0.1, 0.15) is 18.0 Å². The Kier molecular flexibility index (Phi) is 4.40. The average molecular weight is 502 g/mol. The molecule has 3 N–H and O–H groups in total. The maximum atomic E-state index is 14.4. The molecule has 0 bridgehead atoms. The fourth-order valence-electron chi connectivity index (χ4n) is 5.24. The van der Waals surface area contributed by atoms with Crippen LogP contribution in [0.15, 0.2) is 59.8 Å². The van der Waals surface area contributed by atoms with E-state index in [4.69, 9.17) is 17.3 Å². The van der Waals surface area contributed by atoms with Crippen LogP contribution in [0.1, 0.15) is 29.9 Å². The normalized spacial score (nSPS) is 19.8. The third-order valence-electron chi connectivity index (χ3n) is 6.90. The molecule has 7 rings (SSSR count). The fourth-order valence-corrected chi connectivity index (χ4v) is 5.42. The third-order valence-corrected chi connectivity index (χ3v) is 7.14. The first kappa shape index (κ1) is 20.9. The van der Waals surface area contributed by atoms with Gasteiger partial charge in [-0.3, -0.25) is 4.79 Å². The van der Waals surface area contributed by atoms with Gasteiger partial charge in [-0.15, -0.1) is 5.10 Å². The Hall–Kier alpha value is -4.38. The number of imidazole rings is 1. The van der Waals surface area contributed by atoms with E-state index >= 15 is 0 Å². The van der Waals surface area contributed by atoms with Crippen molar-refractivity contribution in [3.05, 3.63) is 87.8 Å². The van der Waals surface area contributed by atoms with E-state index in [1.807, 2.05) is 12.1 Å². The molecule has 1 aliphatic carbocycles. The van der Waals surface area contributed by atoms with E-state index in [1.54, 1.807) is 35.0 Å². The minimum Gasteiger partial charge on any atom is -0.384 e. The molecule has 5 heterocycles. The Balaban J connectivity index is 1.31. The van der Waals surface area contributed by atoms with Gasteiger partial charge in [0.05, 0.1) is 29.2 Å². The van der Waals surface area contributed by atoms with Crippen LogP contribution in [-0.4, -0.2) is 39.7 Å². The van der Waals surface area contributed by atoms with Gasteiger partial charge < -0.3 is 15.3 Å². The molecule has 36 heavy (non-hydrogen) atoms. The number of halogens is 2. The molecule has 1 aliphatic heterocycles. The van der Waals surface area contributed by atoms with Gasteiger partial charge in [-0.1, -0.05) is 11.6 Å². The lowest BCUT2D eigenvalue weighted by Crippen LogP contribution is -2.26. The summed E-state index contributed by atoms with van der Waals surface area (Å²) < 4.78 is 17.7. The van der Waals surface area contributed by atoms with Gasteiger partial charge in [0.25, 0.3) is 5.56 Å². The van der Waals surface area contributed by atoms with Crippen molar-refractivity contribution < 1.29 is 4.39 Å². The molecule has 1 aromatic carbocycles. The van der Waals surface area contributed by atoms with Crippen LogP contribution >= 0.6 is 11.6 Å². The number of hydrogen-bond acceptors (Lipinski definition) is 7. The SMILES string of the molecule is Nc1ccc(-c2cnc([C@@H]3[C@@H]4C[C@@H]4c4cc(-c5cc(Cl)ccc5-n5cnnn5)cc(=O)n43)[nH]2)c(F)n1. The highest BCUT2D eigenvalue weighted by molar-refractivity contribution is 6.31. The minimum absolute atomic E-state index is 0.104. The molecule has 0 spiro atoms. The molecule has 10 nitrogen and oxygen atoms in total. The van der Waals surface area contributed by atoms with Crippen LogP contribution in [0, 0.1) is 11.9 Å². The molecule has 0 radical (unpaired) electrons. The van der Waals surface area contributed by atoms with Crippen molar-refractivity contribution >= 4 is 17.4 Å². The maximum absolute atomic E-state index is 14.4. The number of hydrogen-bond donors (Lipinski definition) is 2. The Morgan fingerprint density at radius 1 is 1.14 bits per heavy atom. The molecule has 1 saturated carbocycles. The summed E-state index contributed by atoms with van der Waals surface area (Å²) in [5.74, 6) is 0.510. The first-order valence-corrected chi connectivity index (χ1v) is 11.6. The van der Waals surface area contributed by atoms with Gasteiger partial charge in [0, 0.05) is 28.3 Å². The van der Waals surface area contributed by atoms with Gasteiger partial charge in [-0.05, 0) is 64.7 Å². The second-order valence-electron chi connectivity index (χ2n) is 9.00. The number of aromatic amines is 1. The number of H-pyrrole nitrogens is 1. The molecule has 0 amide bonds. The monoisotopic (exact) mass is 501 g/mol. The highest BCUT2D eigenvalue weighted by Gasteiger charge is 2.54. The van der Waals surface area contributed by atoms with Crippen LogP contribution in [0.25, 0.3) is 28.1 Å². The summed E-state index contributed by atoms with van der Waals surface area (Å²) in [5, 5.41) is 12.0. The Labute approximate surface area is 207 Å². The van der Waals surface area contributed by atoms with E-state index < -0.39 is 5.95 Å². The van der Waals surface area contributed by atoms with Gasteiger partial charge >= 0.3 is 0 Å². The summed E-state index contributed by atoms with van der Waals surface area (Å²) in [6.07, 6.45) is 4.00. The topological polar surface area (TPSA) is 133 Å². The van der Waals surface area contributed by atoms with Gasteiger partial charge in [-0.25, -0.2) is 9.97 Å². The molecular formula is C24H17ClFN9O. The van der Waals surface area contributed by atoms with E-state index in [-0.39, 0.29) is 34.8 Å².